The minimum Gasteiger partial charge on any atom is -0.462 e. The van der Waals surface area contributed by atoms with Gasteiger partial charge < -0.3 is 9.72 Å². The van der Waals surface area contributed by atoms with E-state index in [1.54, 1.807) is 20.8 Å². The fraction of sp³-hybridized carbons (Fsp3) is 0.500. The van der Waals surface area contributed by atoms with Gasteiger partial charge in [0.1, 0.15) is 6.67 Å². The van der Waals surface area contributed by atoms with E-state index in [-0.39, 0.29) is 0 Å². The molecule has 1 rings (SSSR count). The van der Waals surface area contributed by atoms with Gasteiger partial charge >= 0.3 is 5.97 Å². The van der Waals surface area contributed by atoms with Crippen LogP contribution in [0.25, 0.3) is 0 Å². The van der Waals surface area contributed by atoms with Gasteiger partial charge in [0.05, 0.1) is 17.9 Å². The number of hydrogen-bond donors (Lipinski definition) is 1. The van der Waals surface area contributed by atoms with Crippen LogP contribution in [-0.2, 0) is 11.4 Å². The van der Waals surface area contributed by atoms with Crippen LogP contribution in [0.3, 0.4) is 0 Å². The summed E-state index contributed by atoms with van der Waals surface area (Å²) in [6.45, 7) is 4.92. The first-order valence-electron chi connectivity index (χ1n) is 4.52. The smallest absolute Gasteiger partial charge is 0.340 e. The lowest BCUT2D eigenvalue weighted by Crippen LogP contribution is -2.07. The van der Waals surface area contributed by atoms with Crippen LogP contribution in [0, 0.1) is 13.8 Å². The predicted octanol–water partition coefficient (Wildman–Crippen LogP) is 2.28. The molecule has 0 atom stereocenters. The number of ether oxygens (including phenoxy) is 1. The lowest BCUT2D eigenvalue weighted by Gasteiger charge is -2.02. The number of hydrogen-bond acceptors (Lipinski definition) is 2. The number of carbonyl (C=O) groups excluding carboxylic acids is 1. The van der Waals surface area contributed by atoms with Gasteiger partial charge in [-0.1, -0.05) is 0 Å². The number of halogens is 1. The van der Waals surface area contributed by atoms with Crippen molar-refractivity contribution in [2.75, 3.05) is 6.61 Å². The maximum absolute atomic E-state index is 12.5. The number of H-pyrrole nitrogens is 1. The third-order valence-electron chi connectivity index (χ3n) is 2.19. The third kappa shape index (κ3) is 1.78. The highest BCUT2D eigenvalue weighted by Crippen LogP contribution is 2.19. The second kappa shape index (κ2) is 4.26. The van der Waals surface area contributed by atoms with Gasteiger partial charge in [-0.2, -0.15) is 0 Å². The molecule has 1 aromatic heterocycles. The van der Waals surface area contributed by atoms with Gasteiger partial charge in [-0.15, -0.1) is 0 Å². The maximum atomic E-state index is 12.5. The van der Waals surface area contributed by atoms with E-state index < -0.39 is 12.6 Å². The summed E-state index contributed by atoms with van der Waals surface area (Å²) in [6, 6.07) is 0. The number of aromatic nitrogens is 1. The highest BCUT2D eigenvalue weighted by molar-refractivity contribution is 5.92. The fourth-order valence-electron chi connectivity index (χ4n) is 1.38. The van der Waals surface area contributed by atoms with Crippen molar-refractivity contribution >= 4 is 5.97 Å². The first-order valence-corrected chi connectivity index (χ1v) is 4.52. The summed E-state index contributed by atoms with van der Waals surface area (Å²) >= 11 is 0. The Morgan fingerprint density at radius 1 is 1.50 bits per heavy atom. The van der Waals surface area contributed by atoms with E-state index in [9.17, 15) is 9.18 Å². The molecule has 0 unspecified atom stereocenters. The summed E-state index contributed by atoms with van der Waals surface area (Å²) in [6.07, 6.45) is 0. The van der Waals surface area contributed by atoms with E-state index in [4.69, 9.17) is 4.74 Å². The van der Waals surface area contributed by atoms with Crippen LogP contribution < -0.4 is 0 Å². The molecule has 3 nitrogen and oxygen atoms in total. The van der Waals surface area contributed by atoms with Crippen molar-refractivity contribution in [3.63, 3.8) is 0 Å². The van der Waals surface area contributed by atoms with Crippen molar-refractivity contribution in [2.24, 2.45) is 0 Å². The average molecular weight is 199 g/mol. The monoisotopic (exact) mass is 199 g/mol. The highest BCUT2D eigenvalue weighted by atomic mass is 19.1. The van der Waals surface area contributed by atoms with Crippen molar-refractivity contribution in [2.45, 2.75) is 27.4 Å². The predicted molar refractivity (Wildman–Crippen MR) is 51.0 cm³/mol. The summed E-state index contributed by atoms with van der Waals surface area (Å²) in [5.41, 5.74) is 2.21. The summed E-state index contributed by atoms with van der Waals surface area (Å²) in [5.74, 6) is -0.456. The molecule has 1 heterocycles. The van der Waals surface area contributed by atoms with Gasteiger partial charge in [-0.05, 0) is 26.3 Å². The van der Waals surface area contributed by atoms with Crippen LogP contribution in [0.4, 0.5) is 4.39 Å². The van der Waals surface area contributed by atoms with Gasteiger partial charge in [0.2, 0.25) is 0 Å². The highest BCUT2D eigenvalue weighted by Gasteiger charge is 2.19. The van der Waals surface area contributed by atoms with Crippen LogP contribution in [0.5, 0.6) is 0 Å². The normalized spacial score (nSPS) is 10.3. The second-order valence-electron chi connectivity index (χ2n) is 3.08. The molecule has 0 aliphatic heterocycles. The van der Waals surface area contributed by atoms with E-state index in [1.165, 1.54) is 0 Å². The Bertz CT molecular complexity index is 344. The van der Waals surface area contributed by atoms with Crippen LogP contribution >= 0.6 is 0 Å². The van der Waals surface area contributed by atoms with Crippen molar-refractivity contribution in [1.29, 1.82) is 0 Å². The molecule has 1 N–H and O–H groups in total. The zero-order valence-electron chi connectivity index (χ0n) is 8.61. The maximum Gasteiger partial charge on any atom is 0.340 e. The number of aromatic amines is 1. The molecule has 0 spiro atoms. The number of nitrogens with one attached hydrogen (secondary N) is 1. The summed E-state index contributed by atoms with van der Waals surface area (Å²) in [5, 5.41) is 0. The van der Waals surface area contributed by atoms with Crippen LogP contribution in [-0.4, -0.2) is 17.6 Å². The van der Waals surface area contributed by atoms with E-state index >= 15 is 0 Å². The first-order chi connectivity index (χ1) is 6.61. The van der Waals surface area contributed by atoms with Crippen LogP contribution in [0.15, 0.2) is 0 Å². The van der Waals surface area contributed by atoms with Crippen molar-refractivity contribution in [1.82, 2.24) is 4.98 Å². The molecule has 0 fully saturated rings. The van der Waals surface area contributed by atoms with Crippen molar-refractivity contribution in [3.05, 3.63) is 22.5 Å². The van der Waals surface area contributed by atoms with Gasteiger partial charge in [-0.25, -0.2) is 9.18 Å². The summed E-state index contributed by atoms with van der Waals surface area (Å²) in [7, 11) is 0. The Hall–Kier alpha value is -1.32. The minimum absolute atomic E-state index is 0.300. The fourth-order valence-corrected chi connectivity index (χ4v) is 1.38. The lowest BCUT2D eigenvalue weighted by molar-refractivity contribution is 0.0523. The Kier molecular flexibility index (Phi) is 3.28. The first kappa shape index (κ1) is 10.8. The molecule has 78 valence electrons. The molecule has 0 aliphatic rings. The van der Waals surface area contributed by atoms with Crippen LogP contribution in [0.2, 0.25) is 0 Å². The van der Waals surface area contributed by atoms with Crippen LogP contribution in [0.1, 0.15) is 34.2 Å². The second-order valence-corrected chi connectivity index (χ2v) is 3.08. The van der Waals surface area contributed by atoms with Gasteiger partial charge in [-0.3, -0.25) is 0 Å². The number of esters is 1. The number of aryl methyl sites for hydroxylation is 1. The van der Waals surface area contributed by atoms with E-state index in [1.807, 2.05) is 0 Å². The largest absolute Gasteiger partial charge is 0.462 e. The topological polar surface area (TPSA) is 42.1 Å². The van der Waals surface area contributed by atoms with E-state index in [0.29, 0.717) is 17.9 Å². The van der Waals surface area contributed by atoms with E-state index in [0.717, 1.165) is 11.3 Å². The molecule has 4 heteroatoms. The molecule has 0 radical (unpaired) electrons. The average Bonchev–Trinajstić information content (AvgIpc) is 2.43. The SMILES string of the molecule is CCOC(=O)c1c(CF)[nH]c(C)c1C. The third-order valence-corrected chi connectivity index (χ3v) is 2.19. The van der Waals surface area contributed by atoms with Crippen molar-refractivity contribution < 1.29 is 13.9 Å². The molecule has 0 bridgehead atoms. The lowest BCUT2D eigenvalue weighted by atomic mass is 10.1. The van der Waals surface area contributed by atoms with Gasteiger partial charge in [0.15, 0.2) is 0 Å². The number of alkyl halides is 1. The minimum atomic E-state index is -0.678. The Morgan fingerprint density at radius 3 is 2.64 bits per heavy atom. The quantitative estimate of drug-likeness (QED) is 0.759. The number of rotatable bonds is 3. The molecule has 0 aliphatic carbocycles. The summed E-state index contributed by atoms with van der Waals surface area (Å²) < 4.78 is 17.4. The Labute approximate surface area is 82.3 Å². The molecular weight excluding hydrogens is 185 g/mol. The van der Waals surface area contributed by atoms with E-state index in [2.05, 4.69) is 4.98 Å². The number of carbonyl (C=O) groups is 1. The molecule has 0 amide bonds. The Balaban J connectivity index is 3.10. The van der Waals surface area contributed by atoms with Crippen molar-refractivity contribution in [3.8, 4) is 0 Å². The molecule has 14 heavy (non-hydrogen) atoms. The van der Waals surface area contributed by atoms with Gasteiger partial charge in [0, 0.05) is 5.69 Å². The zero-order chi connectivity index (χ0) is 10.7. The van der Waals surface area contributed by atoms with Gasteiger partial charge in [0.25, 0.3) is 0 Å². The molecule has 0 saturated carbocycles. The molecule has 0 aromatic carbocycles. The molecular formula is C10H14FNO2. The molecule has 1 aromatic rings. The summed E-state index contributed by atoms with van der Waals surface area (Å²) in [4.78, 5) is 14.3. The molecule has 0 saturated heterocycles. The zero-order valence-corrected chi connectivity index (χ0v) is 8.61. The Morgan fingerprint density at radius 2 is 2.14 bits per heavy atom. The standard InChI is InChI=1S/C10H14FNO2/c1-4-14-10(13)9-6(2)7(3)12-8(9)5-11/h12H,4-5H2,1-3H3.